The van der Waals surface area contributed by atoms with Gasteiger partial charge in [0, 0.05) is 23.7 Å². The second-order valence-electron chi connectivity index (χ2n) is 10.7. The van der Waals surface area contributed by atoms with Crippen LogP contribution in [0.5, 0.6) is 5.75 Å². The fraction of sp³-hybridized carbons (Fsp3) is 0.206. The monoisotopic (exact) mass is 704 g/mol. The van der Waals surface area contributed by atoms with E-state index >= 15 is 0 Å². The number of fused-ring (bicyclic) bond motifs is 1. The molecule has 0 saturated heterocycles. The minimum absolute atomic E-state index is 0.0207. The Hall–Kier alpha value is -4.39. The summed E-state index contributed by atoms with van der Waals surface area (Å²) < 4.78 is 57.9. The van der Waals surface area contributed by atoms with Gasteiger partial charge in [-0.3, -0.25) is 0 Å². The highest BCUT2D eigenvalue weighted by atomic mass is 79.9. The van der Waals surface area contributed by atoms with Gasteiger partial charge in [-0.1, -0.05) is 24.3 Å². The SMILES string of the molecule is CC(OCCS(=O)(=O)c1ccccn1)C1(c2ccc3ncnc(Nc4ccc(OCc5cccc(F)c5)c(Br)c4)c3c2)CC=CO1. The van der Waals surface area contributed by atoms with Crippen molar-refractivity contribution in [2.75, 3.05) is 17.7 Å². The highest BCUT2D eigenvalue weighted by Gasteiger charge is 2.42. The van der Waals surface area contributed by atoms with Crippen LogP contribution >= 0.6 is 15.9 Å². The third-order valence-corrected chi connectivity index (χ3v) is 9.93. The highest BCUT2D eigenvalue weighted by molar-refractivity contribution is 9.10. The number of pyridine rings is 1. The summed E-state index contributed by atoms with van der Waals surface area (Å²) in [4.78, 5) is 12.9. The first-order chi connectivity index (χ1) is 22.2. The van der Waals surface area contributed by atoms with E-state index in [0.29, 0.717) is 22.5 Å². The number of nitrogens with zero attached hydrogens (tertiary/aromatic N) is 3. The second-order valence-corrected chi connectivity index (χ2v) is 13.6. The normalized spacial score (nSPS) is 16.7. The number of sulfone groups is 1. The Kier molecular flexibility index (Phi) is 9.29. The Morgan fingerprint density at radius 1 is 1.04 bits per heavy atom. The van der Waals surface area contributed by atoms with E-state index in [1.807, 2.05) is 49.4 Å². The number of ether oxygens (including phenoxy) is 3. The summed E-state index contributed by atoms with van der Waals surface area (Å²) in [5.41, 5.74) is 2.18. The number of nitrogens with one attached hydrogen (secondary N) is 1. The first-order valence-electron chi connectivity index (χ1n) is 14.5. The molecule has 3 aromatic carbocycles. The lowest BCUT2D eigenvalue weighted by Crippen LogP contribution is -2.39. The van der Waals surface area contributed by atoms with Crippen molar-refractivity contribution in [2.24, 2.45) is 0 Å². The second kappa shape index (κ2) is 13.5. The predicted octanol–water partition coefficient (Wildman–Crippen LogP) is 7.26. The van der Waals surface area contributed by atoms with Gasteiger partial charge < -0.3 is 19.5 Å². The van der Waals surface area contributed by atoms with E-state index in [1.165, 1.54) is 30.7 Å². The summed E-state index contributed by atoms with van der Waals surface area (Å²) in [6.45, 7) is 2.08. The molecule has 12 heteroatoms. The number of halogens is 2. The van der Waals surface area contributed by atoms with Gasteiger partial charge in [0.2, 0.25) is 0 Å². The largest absolute Gasteiger partial charge is 0.488 e. The van der Waals surface area contributed by atoms with Crippen molar-refractivity contribution in [3.05, 3.63) is 125 Å². The smallest absolute Gasteiger partial charge is 0.197 e. The third kappa shape index (κ3) is 6.88. The molecule has 46 heavy (non-hydrogen) atoms. The van der Waals surface area contributed by atoms with Gasteiger partial charge in [0.15, 0.2) is 20.5 Å². The van der Waals surface area contributed by atoms with Crippen molar-refractivity contribution in [2.45, 2.75) is 36.7 Å². The fourth-order valence-electron chi connectivity index (χ4n) is 5.27. The topological polar surface area (TPSA) is 113 Å². The van der Waals surface area contributed by atoms with E-state index in [4.69, 9.17) is 14.2 Å². The van der Waals surface area contributed by atoms with Gasteiger partial charge in [0.1, 0.15) is 30.3 Å². The van der Waals surface area contributed by atoms with E-state index in [-0.39, 0.29) is 29.8 Å². The van der Waals surface area contributed by atoms with E-state index < -0.39 is 21.5 Å². The number of aromatic nitrogens is 3. The third-order valence-electron chi connectivity index (χ3n) is 7.73. The van der Waals surface area contributed by atoms with Crippen LogP contribution in [-0.2, 0) is 31.5 Å². The molecule has 236 valence electrons. The minimum atomic E-state index is -3.59. The van der Waals surface area contributed by atoms with Crippen LogP contribution in [0, 0.1) is 5.82 Å². The quantitative estimate of drug-likeness (QED) is 0.143. The molecule has 2 aromatic heterocycles. The van der Waals surface area contributed by atoms with Crippen molar-refractivity contribution >= 4 is 48.2 Å². The average Bonchev–Trinajstić information content (AvgIpc) is 3.56. The molecule has 0 saturated carbocycles. The van der Waals surface area contributed by atoms with E-state index in [0.717, 1.165) is 27.7 Å². The molecule has 6 rings (SSSR count). The number of hydrogen-bond donors (Lipinski definition) is 1. The number of hydrogen-bond acceptors (Lipinski definition) is 9. The van der Waals surface area contributed by atoms with Crippen LogP contribution in [0.25, 0.3) is 10.9 Å². The van der Waals surface area contributed by atoms with Crippen LogP contribution in [0.2, 0.25) is 0 Å². The van der Waals surface area contributed by atoms with E-state index in [2.05, 4.69) is 36.2 Å². The predicted molar refractivity (Wildman–Crippen MR) is 176 cm³/mol. The number of anilines is 2. The molecule has 1 aliphatic rings. The van der Waals surface area contributed by atoms with Gasteiger partial charge >= 0.3 is 0 Å². The molecular formula is C34H30BrFN4O5S. The Morgan fingerprint density at radius 3 is 2.70 bits per heavy atom. The minimum Gasteiger partial charge on any atom is -0.488 e. The van der Waals surface area contributed by atoms with Crippen LogP contribution in [-0.4, -0.2) is 41.8 Å². The van der Waals surface area contributed by atoms with Crippen molar-refractivity contribution in [1.82, 2.24) is 15.0 Å². The van der Waals surface area contributed by atoms with Gasteiger partial charge in [-0.25, -0.2) is 27.8 Å². The summed E-state index contributed by atoms with van der Waals surface area (Å²) in [7, 11) is -3.59. The van der Waals surface area contributed by atoms with Crippen LogP contribution in [0.4, 0.5) is 15.9 Å². The maximum Gasteiger partial charge on any atom is 0.197 e. The highest BCUT2D eigenvalue weighted by Crippen LogP contribution is 2.41. The summed E-state index contributed by atoms with van der Waals surface area (Å²) in [5, 5.41) is 4.16. The summed E-state index contributed by atoms with van der Waals surface area (Å²) in [6.07, 6.45) is 6.56. The molecule has 0 bridgehead atoms. The zero-order valence-corrected chi connectivity index (χ0v) is 27.2. The maximum absolute atomic E-state index is 13.5. The van der Waals surface area contributed by atoms with Gasteiger partial charge in [0.25, 0.3) is 0 Å². The molecule has 3 heterocycles. The fourth-order valence-corrected chi connectivity index (χ4v) is 6.79. The Bertz CT molecular complexity index is 1990. The average molecular weight is 706 g/mol. The maximum atomic E-state index is 13.5. The molecule has 2 unspecified atom stereocenters. The lowest BCUT2D eigenvalue weighted by atomic mass is 9.85. The van der Waals surface area contributed by atoms with Crippen LogP contribution in [0.1, 0.15) is 24.5 Å². The standard InChI is InChI=1S/C34H30BrFN4O5S/c1-23(43-16-17-46(41,42)32-8-2-3-14-37-32)34(13-5-15-45-34)25-9-11-30-28(19-25)33(39-22-38-30)40-27-10-12-31(29(35)20-27)44-21-24-6-4-7-26(36)18-24/h2-12,14-15,18-20,22-23H,13,16-17,21H2,1H3,(H,38,39,40). The van der Waals surface area contributed by atoms with Gasteiger partial charge in [-0.2, -0.15) is 0 Å². The lowest BCUT2D eigenvalue weighted by molar-refractivity contribution is -0.0964. The summed E-state index contributed by atoms with van der Waals surface area (Å²) in [6, 6.07) is 22.5. The number of benzene rings is 3. The first kappa shape index (κ1) is 31.6. The Morgan fingerprint density at radius 2 is 1.93 bits per heavy atom. The molecule has 1 N–H and O–H groups in total. The summed E-state index contributed by atoms with van der Waals surface area (Å²) in [5.74, 6) is 0.681. The molecule has 0 fully saturated rings. The number of rotatable bonds is 12. The van der Waals surface area contributed by atoms with Crippen LogP contribution in [0.15, 0.2) is 113 Å². The van der Waals surface area contributed by atoms with E-state index in [9.17, 15) is 12.8 Å². The summed E-state index contributed by atoms with van der Waals surface area (Å²) >= 11 is 3.57. The molecule has 9 nitrogen and oxygen atoms in total. The van der Waals surface area contributed by atoms with E-state index in [1.54, 1.807) is 30.5 Å². The Labute approximate surface area is 274 Å². The zero-order valence-electron chi connectivity index (χ0n) is 24.8. The Balaban J connectivity index is 1.19. The molecular weight excluding hydrogens is 675 g/mol. The van der Waals surface area contributed by atoms with Gasteiger partial charge in [-0.05, 0) is 94.7 Å². The zero-order chi connectivity index (χ0) is 32.1. The van der Waals surface area contributed by atoms with Gasteiger partial charge in [-0.15, -0.1) is 0 Å². The van der Waals surface area contributed by atoms with Crippen molar-refractivity contribution in [3.63, 3.8) is 0 Å². The molecule has 0 amide bonds. The van der Waals surface area contributed by atoms with Crippen LogP contribution in [0.3, 0.4) is 0 Å². The molecule has 0 radical (unpaired) electrons. The molecule has 1 aliphatic heterocycles. The molecule has 0 spiro atoms. The molecule has 2 atom stereocenters. The van der Waals surface area contributed by atoms with Gasteiger partial charge in [0.05, 0.1) is 34.7 Å². The molecule has 0 aliphatic carbocycles. The van der Waals surface area contributed by atoms with Crippen molar-refractivity contribution in [1.29, 1.82) is 0 Å². The van der Waals surface area contributed by atoms with Crippen molar-refractivity contribution < 1.29 is 27.0 Å². The van der Waals surface area contributed by atoms with Crippen LogP contribution < -0.4 is 10.1 Å². The van der Waals surface area contributed by atoms with Crippen molar-refractivity contribution in [3.8, 4) is 5.75 Å². The lowest BCUT2D eigenvalue weighted by Gasteiger charge is -2.35. The molecule has 5 aromatic rings. The first-order valence-corrected chi connectivity index (χ1v) is 17.0.